The van der Waals surface area contributed by atoms with E-state index < -0.39 is 0 Å². The van der Waals surface area contributed by atoms with Crippen molar-refractivity contribution in [3.05, 3.63) is 66.5 Å². The summed E-state index contributed by atoms with van der Waals surface area (Å²) in [4.78, 5) is 13.8. The summed E-state index contributed by atoms with van der Waals surface area (Å²) in [6.07, 6.45) is 6.32. The van der Waals surface area contributed by atoms with E-state index in [0.717, 1.165) is 18.7 Å². The lowest BCUT2D eigenvalue weighted by Crippen LogP contribution is -2.24. The molecule has 21 heavy (non-hydrogen) atoms. The molecule has 1 amide bonds. The Hall–Kier alpha value is -2.36. The number of hydrogen-bond donors (Lipinski definition) is 0. The number of rotatable bonds is 5. The molecule has 1 aromatic carbocycles. The third kappa shape index (κ3) is 3.21. The van der Waals surface area contributed by atoms with Crippen molar-refractivity contribution in [3.63, 3.8) is 0 Å². The van der Waals surface area contributed by atoms with Crippen LogP contribution in [0.15, 0.2) is 55.4 Å². The highest BCUT2D eigenvalue weighted by Gasteiger charge is 2.27. The predicted octanol–water partition coefficient (Wildman–Crippen LogP) is 2.47. The number of benzene rings is 1. The van der Waals surface area contributed by atoms with E-state index in [-0.39, 0.29) is 11.8 Å². The second-order valence-electron chi connectivity index (χ2n) is 5.51. The highest BCUT2D eigenvalue weighted by atomic mass is 16.2. The van der Waals surface area contributed by atoms with Gasteiger partial charge in [0.25, 0.3) is 0 Å². The Morgan fingerprint density at radius 1 is 1.24 bits per heavy atom. The number of amides is 1. The number of hydrogen-bond acceptors (Lipinski definition) is 2. The molecule has 4 heteroatoms. The summed E-state index contributed by atoms with van der Waals surface area (Å²) in [7, 11) is 0. The molecule has 1 unspecified atom stereocenters. The van der Waals surface area contributed by atoms with E-state index in [2.05, 4.69) is 23.8 Å². The standard InChI is InChI=1S/C17H19N3O/c1-2-14-8-17(21)19(10-14)11-16-9-18-20(13-16)12-15-6-4-3-5-7-15/h2-7,9,13-14H,1,8,10-12H2. The maximum Gasteiger partial charge on any atom is 0.223 e. The lowest BCUT2D eigenvalue weighted by Gasteiger charge is -2.14. The van der Waals surface area contributed by atoms with Gasteiger partial charge in [0.05, 0.1) is 12.7 Å². The van der Waals surface area contributed by atoms with Gasteiger partial charge in [-0.15, -0.1) is 6.58 Å². The Kier molecular flexibility index (Phi) is 3.86. The summed E-state index contributed by atoms with van der Waals surface area (Å²) in [5.74, 6) is 0.493. The van der Waals surface area contributed by atoms with Crippen LogP contribution >= 0.6 is 0 Å². The SMILES string of the molecule is C=CC1CC(=O)N(Cc2cnn(Cc3ccccc3)c2)C1. The summed E-state index contributed by atoms with van der Waals surface area (Å²) in [6, 6.07) is 10.2. The highest BCUT2D eigenvalue weighted by molar-refractivity contribution is 5.78. The molecule has 1 aromatic heterocycles. The van der Waals surface area contributed by atoms with E-state index in [1.54, 1.807) is 0 Å². The van der Waals surface area contributed by atoms with Crippen molar-refractivity contribution in [2.75, 3.05) is 6.54 Å². The van der Waals surface area contributed by atoms with Crippen LogP contribution in [0.3, 0.4) is 0 Å². The number of likely N-dealkylation sites (tertiary alicyclic amines) is 1. The van der Waals surface area contributed by atoms with Crippen molar-refractivity contribution in [2.45, 2.75) is 19.5 Å². The van der Waals surface area contributed by atoms with Crippen molar-refractivity contribution in [3.8, 4) is 0 Å². The molecule has 1 fully saturated rings. The third-order valence-electron chi connectivity index (χ3n) is 3.83. The first kappa shape index (κ1) is 13.6. The van der Waals surface area contributed by atoms with Crippen molar-refractivity contribution in [2.24, 2.45) is 5.92 Å². The van der Waals surface area contributed by atoms with Crippen molar-refractivity contribution in [1.29, 1.82) is 0 Å². The zero-order valence-electron chi connectivity index (χ0n) is 12.0. The molecular weight excluding hydrogens is 262 g/mol. The van der Waals surface area contributed by atoms with Gasteiger partial charge in [-0.05, 0) is 5.56 Å². The first-order valence-electron chi connectivity index (χ1n) is 7.20. The van der Waals surface area contributed by atoms with Gasteiger partial charge in [-0.3, -0.25) is 9.48 Å². The van der Waals surface area contributed by atoms with Gasteiger partial charge in [0.1, 0.15) is 0 Å². The van der Waals surface area contributed by atoms with Crippen LogP contribution in [0.25, 0.3) is 0 Å². The molecule has 1 saturated heterocycles. The summed E-state index contributed by atoms with van der Waals surface area (Å²) in [5.41, 5.74) is 2.29. The lowest BCUT2D eigenvalue weighted by atomic mass is 10.1. The van der Waals surface area contributed by atoms with Gasteiger partial charge in [-0.25, -0.2) is 0 Å². The average molecular weight is 281 g/mol. The van der Waals surface area contributed by atoms with Crippen LogP contribution < -0.4 is 0 Å². The van der Waals surface area contributed by atoms with Gasteiger partial charge in [0.2, 0.25) is 5.91 Å². The van der Waals surface area contributed by atoms with E-state index in [9.17, 15) is 4.79 Å². The fraction of sp³-hybridized carbons (Fsp3) is 0.294. The molecule has 108 valence electrons. The topological polar surface area (TPSA) is 38.1 Å². The normalized spacial score (nSPS) is 18.2. The zero-order valence-corrected chi connectivity index (χ0v) is 12.0. The number of carbonyl (C=O) groups is 1. The Bertz CT molecular complexity index is 632. The molecule has 3 rings (SSSR count). The maximum absolute atomic E-state index is 11.9. The van der Waals surface area contributed by atoms with Crippen molar-refractivity contribution in [1.82, 2.24) is 14.7 Å². The van der Waals surface area contributed by atoms with E-state index in [1.165, 1.54) is 5.56 Å². The fourth-order valence-corrected chi connectivity index (χ4v) is 2.68. The van der Waals surface area contributed by atoms with Gasteiger partial charge in [-0.1, -0.05) is 36.4 Å². The molecule has 1 aliphatic rings. The van der Waals surface area contributed by atoms with Gasteiger partial charge >= 0.3 is 0 Å². The third-order valence-corrected chi connectivity index (χ3v) is 3.83. The van der Waals surface area contributed by atoms with Gasteiger partial charge in [-0.2, -0.15) is 5.10 Å². The van der Waals surface area contributed by atoms with Gasteiger partial charge in [0, 0.05) is 37.2 Å². The molecule has 0 radical (unpaired) electrons. The molecule has 0 aliphatic carbocycles. The fourth-order valence-electron chi connectivity index (χ4n) is 2.68. The summed E-state index contributed by atoms with van der Waals surface area (Å²) in [5, 5.41) is 4.38. The largest absolute Gasteiger partial charge is 0.338 e. The van der Waals surface area contributed by atoms with Crippen LogP contribution in [0.2, 0.25) is 0 Å². The van der Waals surface area contributed by atoms with Crippen molar-refractivity contribution >= 4 is 5.91 Å². The average Bonchev–Trinajstić information content (AvgIpc) is 3.08. The smallest absolute Gasteiger partial charge is 0.223 e. The van der Waals surface area contributed by atoms with Crippen LogP contribution in [0.4, 0.5) is 0 Å². The van der Waals surface area contributed by atoms with Gasteiger partial charge in [0.15, 0.2) is 0 Å². The van der Waals surface area contributed by atoms with Crippen LogP contribution in [-0.4, -0.2) is 27.1 Å². The Morgan fingerprint density at radius 2 is 2.05 bits per heavy atom. The quantitative estimate of drug-likeness (QED) is 0.790. The number of aromatic nitrogens is 2. The summed E-state index contributed by atoms with van der Waals surface area (Å²) in [6.45, 7) is 5.94. The second-order valence-corrected chi connectivity index (χ2v) is 5.51. The van der Waals surface area contributed by atoms with Crippen LogP contribution in [0.5, 0.6) is 0 Å². The Morgan fingerprint density at radius 3 is 2.76 bits per heavy atom. The Labute approximate surface area is 124 Å². The number of carbonyl (C=O) groups excluding carboxylic acids is 1. The first-order chi connectivity index (χ1) is 10.2. The monoisotopic (exact) mass is 281 g/mol. The van der Waals surface area contributed by atoms with E-state index in [0.29, 0.717) is 13.0 Å². The molecule has 2 aromatic rings. The summed E-state index contributed by atoms with van der Waals surface area (Å²) >= 11 is 0. The Balaban J connectivity index is 1.63. The minimum absolute atomic E-state index is 0.204. The molecule has 0 spiro atoms. The molecule has 2 heterocycles. The van der Waals surface area contributed by atoms with Gasteiger partial charge < -0.3 is 4.90 Å². The molecule has 1 aliphatic heterocycles. The van der Waals surface area contributed by atoms with E-state index in [4.69, 9.17) is 0 Å². The minimum Gasteiger partial charge on any atom is -0.338 e. The molecule has 0 N–H and O–H groups in total. The van der Waals surface area contributed by atoms with E-state index >= 15 is 0 Å². The predicted molar refractivity (Wildman–Crippen MR) is 81.5 cm³/mol. The van der Waals surface area contributed by atoms with Crippen LogP contribution in [0.1, 0.15) is 17.5 Å². The highest BCUT2D eigenvalue weighted by Crippen LogP contribution is 2.20. The lowest BCUT2D eigenvalue weighted by molar-refractivity contribution is -0.128. The van der Waals surface area contributed by atoms with Crippen LogP contribution in [0, 0.1) is 5.92 Å². The molecular formula is C17H19N3O. The zero-order chi connectivity index (χ0) is 14.7. The summed E-state index contributed by atoms with van der Waals surface area (Å²) < 4.78 is 1.91. The molecule has 0 saturated carbocycles. The number of nitrogens with zero attached hydrogens (tertiary/aromatic N) is 3. The van der Waals surface area contributed by atoms with Crippen molar-refractivity contribution < 1.29 is 4.79 Å². The molecule has 1 atom stereocenters. The minimum atomic E-state index is 0.204. The maximum atomic E-state index is 11.9. The van der Waals surface area contributed by atoms with Crippen LogP contribution in [-0.2, 0) is 17.9 Å². The first-order valence-corrected chi connectivity index (χ1v) is 7.20. The second kappa shape index (κ2) is 5.95. The molecule has 4 nitrogen and oxygen atoms in total. The van der Waals surface area contributed by atoms with E-state index in [1.807, 2.05) is 46.3 Å². The molecule has 0 bridgehead atoms.